The van der Waals surface area contributed by atoms with Gasteiger partial charge < -0.3 is 29.1 Å². The molecule has 8 nitrogen and oxygen atoms in total. The minimum Gasteiger partial charge on any atom is -0.480 e. The molecule has 0 aliphatic carbocycles. The van der Waals surface area contributed by atoms with Crippen LogP contribution < -0.4 is 14.8 Å². The Morgan fingerprint density at radius 2 is 1.85 bits per heavy atom. The van der Waals surface area contributed by atoms with Crippen LogP contribution in [0.2, 0.25) is 0 Å². The summed E-state index contributed by atoms with van der Waals surface area (Å²) in [6.07, 6.45) is -0.683. The van der Waals surface area contributed by atoms with Gasteiger partial charge in [0.05, 0.1) is 0 Å². The molecule has 1 aliphatic heterocycles. The second-order valence-electron chi connectivity index (χ2n) is 7.81. The number of furan rings is 1. The lowest BCUT2D eigenvalue weighted by Crippen LogP contribution is -2.42. The third kappa shape index (κ3) is 4.52. The van der Waals surface area contributed by atoms with Gasteiger partial charge in [0.2, 0.25) is 6.79 Å². The molecule has 4 aromatic rings. The topological polar surface area (TPSA) is 107 Å². The van der Waals surface area contributed by atoms with Crippen LogP contribution in [0.25, 0.3) is 22.1 Å². The van der Waals surface area contributed by atoms with Crippen molar-refractivity contribution < 1.29 is 33.3 Å². The number of hydrogen-bond acceptors (Lipinski definition) is 6. The minimum absolute atomic E-state index is 0.134. The SMILES string of the molecule is O=C(NC(Cc1ccccc1)C(=O)O)OCc1cc2cc(-c3cccc4c3OCO4)ccc2o1. The zero-order valence-corrected chi connectivity index (χ0v) is 18.0. The Labute approximate surface area is 194 Å². The van der Waals surface area contributed by atoms with Gasteiger partial charge in [-0.2, -0.15) is 0 Å². The first-order valence-corrected chi connectivity index (χ1v) is 10.7. The number of para-hydroxylation sites is 1. The maximum Gasteiger partial charge on any atom is 0.408 e. The third-order valence-corrected chi connectivity index (χ3v) is 5.49. The van der Waals surface area contributed by atoms with Gasteiger partial charge in [0.1, 0.15) is 17.4 Å². The number of aliphatic carboxylic acids is 1. The number of carbonyl (C=O) groups excluding carboxylic acids is 1. The molecule has 1 atom stereocenters. The highest BCUT2D eigenvalue weighted by atomic mass is 16.7. The number of rotatable bonds is 7. The lowest BCUT2D eigenvalue weighted by Gasteiger charge is -2.14. The van der Waals surface area contributed by atoms with Crippen molar-refractivity contribution in [2.75, 3.05) is 6.79 Å². The fourth-order valence-corrected chi connectivity index (χ4v) is 3.87. The normalized spacial score (nSPS) is 12.9. The summed E-state index contributed by atoms with van der Waals surface area (Å²) in [7, 11) is 0. The van der Waals surface area contributed by atoms with Crippen molar-refractivity contribution in [2.45, 2.75) is 19.1 Å². The summed E-state index contributed by atoms with van der Waals surface area (Å²) in [5, 5.41) is 12.7. The van der Waals surface area contributed by atoms with E-state index < -0.39 is 18.1 Å². The van der Waals surface area contributed by atoms with E-state index in [1.54, 1.807) is 18.2 Å². The van der Waals surface area contributed by atoms with Crippen LogP contribution in [0.15, 0.2) is 77.2 Å². The summed E-state index contributed by atoms with van der Waals surface area (Å²) in [5.41, 5.74) is 3.28. The van der Waals surface area contributed by atoms with E-state index in [9.17, 15) is 14.7 Å². The Morgan fingerprint density at radius 1 is 1.00 bits per heavy atom. The molecule has 2 N–H and O–H groups in total. The van der Waals surface area contributed by atoms with Crippen LogP contribution in [0.3, 0.4) is 0 Å². The molecule has 0 fully saturated rings. The van der Waals surface area contributed by atoms with Crippen molar-refractivity contribution in [2.24, 2.45) is 0 Å². The predicted octanol–water partition coefficient (Wildman–Crippen LogP) is 4.75. The second kappa shape index (κ2) is 9.19. The lowest BCUT2D eigenvalue weighted by atomic mass is 10.0. The monoisotopic (exact) mass is 459 g/mol. The fourth-order valence-electron chi connectivity index (χ4n) is 3.87. The van der Waals surface area contributed by atoms with Crippen molar-refractivity contribution in [1.29, 1.82) is 0 Å². The number of benzene rings is 3. The Hall–Kier alpha value is -4.46. The average Bonchev–Trinajstić information content (AvgIpc) is 3.49. The highest BCUT2D eigenvalue weighted by Gasteiger charge is 2.22. The molecular weight excluding hydrogens is 438 g/mol. The van der Waals surface area contributed by atoms with Crippen LogP contribution in [-0.4, -0.2) is 30.0 Å². The van der Waals surface area contributed by atoms with E-state index in [4.69, 9.17) is 18.6 Å². The van der Waals surface area contributed by atoms with Crippen LogP contribution in [0, 0.1) is 0 Å². The highest BCUT2D eigenvalue weighted by Crippen LogP contribution is 2.41. The van der Waals surface area contributed by atoms with E-state index >= 15 is 0 Å². The van der Waals surface area contributed by atoms with Gasteiger partial charge >= 0.3 is 12.1 Å². The molecule has 5 rings (SSSR count). The lowest BCUT2D eigenvalue weighted by molar-refractivity contribution is -0.139. The van der Waals surface area contributed by atoms with Gasteiger partial charge in [-0.05, 0) is 35.4 Å². The van der Waals surface area contributed by atoms with E-state index in [-0.39, 0.29) is 19.8 Å². The summed E-state index contributed by atoms with van der Waals surface area (Å²) >= 11 is 0. The molecule has 0 spiro atoms. The maximum absolute atomic E-state index is 12.2. The van der Waals surface area contributed by atoms with Gasteiger partial charge in [-0.1, -0.05) is 48.5 Å². The van der Waals surface area contributed by atoms with Gasteiger partial charge in [-0.25, -0.2) is 9.59 Å². The van der Waals surface area contributed by atoms with E-state index in [1.807, 2.05) is 54.6 Å². The van der Waals surface area contributed by atoms with Crippen LogP contribution in [0.4, 0.5) is 4.79 Å². The summed E-state index contributed by atoms with van der Waals surface area (Å²) in [5.74, 6) is 0.708. The first-order chi connectivity index (χ1) is 16.6. The molecule has 3 aromatic carbocycles. The molecule has 8 heteroatoms. The number of nitrogens with one attached hydrogen (secondary N) is 1. The number of ether oxygens (including phenoxy) is 3. The quantitative estimate of drug-likeness (QED) is 0.411. The van der Waals surface area contributed by atoms with Crippen molar-refractivity contribution in [3.05, 3.63) is 84.1 Å². The highest BCUT2D eigenvalue weighted by molar-refractivity contribution is 5.86. The van der Waals surface area contributed by atoms with Gasteiger partial charge in [0, 0.05) is 17.4 Å². The number of alkyl carbamates (subject to hydrolysis) is 1. The van der Waals surface area contributed by atoms with Gasteiger partial charge in [-0.3, -0.25) is 0 Å². The molecule has 2 heterocycles. The number of amides is 1. The maximum atomic E-state index is 12.2. The molecule has 34 heavy (non-hydrogen) atoms. The number of carboxylic acid groups (broad SMARTS) is 1. The van der Waals surface area contributed by atoms with Gasteiger partial charge in [0.15, 0.2) is 18.1 Å². The molecule has 0 saturated heterocycles. The summed E-state index contributed by atoms with van der Waals surface area (Å²) in [6, 6.07) is 21.2. The van der Waals surface area contributed by atoms with Crippen LogP contribution in [0.5, 0.6) is 11.5 Å². The molecular formula is C26H21NO7. The Balaban J connectivity index is 1.25. The van der Waals surface area contributed by atoms with Crippen molar-refractivity contribution in [3.63, 3.8) is 0 Å². The first-order valence-electron chi connectivity index (χ1n) is 10.7. The molecule has 0 radical (unpaired) electrons. The molecule has 1 unspecified atom stereocenters. The second-order valence-corrected chi connectivity index (χ2v) is 7.81. The number of hydrogen-bond donors (Lipinski definition) is 2. The molecule has 1 amide bonds. The van der Waals surface area contributed by atoms with E-state index in [1.165, 1.54) is 0 Å². The van der Waals surface area contributed by atoms with Crippen molar-refractivity contribution in [1.82, 2.24) is 5.32 Å². The molecule has 1 aliphatic rings. The zero-order valence-electron chi connectivity index (χ0n) is 18.0. The smallest absolute Gasteiger partial charge is 0.408 e. The Kier molecular flexibility index (Phi) is 5.78. The summed E-state index contributed by atoms with van der Waals surface area (Å²) in [6.45, 7) is 0.0587. The number of fused-ring (bicyclic) bond motifs is 2. The Bertz CT molecular complexity index is 1350. The number of carbonyl (C=O) groups is 2. The molecule has 0 bridgehead atoms. The van der Waals surface area contributed by atoms with E-state index in [0.29, 0.717) is 22.8 Å². The minimum atomic E-state index is -1.14. The van der Waals surface area contributed by atoms with Crippen LogP contribution in [-0.2, 0) is 22.6 Å². The van der Waals surface area contributed by atoms with Crippen molar-refractivity contribution >= 4 is 23.0 Å². The summed E-state index contributed by atoms with van der Waals surface area (Å²) < 4.78 is 22.0. The molecule has 1 aromatic heterocycles. The van der Waals surface area contributed by atoms with E-state index in [0.717, 1.165) is 22.1 Å². The third-order valence-electron chi connectivity index (χ3n) is 5.49. The van der Waals surface area contributed by atoms with Crippen molar-refractivity contribution in [3.8, 4) is 22.6 Å². The number of carboxylic acids is 1. The Morgan fingerprint density at radius 3 is 2.68 bits per heavy atom. The molecule has 0 saturated carbocycles. The van der Waals surface area contributed by atoms with Gasteiger partial charge in [-0.15, -0.1) is 0 Å². The standard InChI is InChI=1S/C26H21NO7/c28-25(29)21(11-16-5-2-1-3-6-16)27-26(30)31-14-19-13-18-12-17(9-10-22(18)34-19)20-7-4-8-23-24(20)33-15-32-23/h1-10,12-13,21H,11,14-15H2,(H,27,30)(H,28,29). The van der Waals surface area contributed by atoms with E-state index in [2.05, 4.69) is 5.32 Å². The largest absolute Gasteiger partial charge is 0.480 e. The van der Waals surface area contributed by atoms with Crippen LogP contribution in [0.1, 0.15) is 11.3 Å². The zero-order chi connectivity index (χ0) is 23.5. The average molecular weight is 459 g/mol. The fraction of sp³-hybridized carbons (Fsp3) is 0.154. The first kappa shape index (κ1) is 21.4. The molecule has 172 valence electrons. The predicted molar refractivity (Wildman–Crippen MR) is 123 cm³/mol. The summed E-state index contributed by atoms with van der Waals surface area (Å²) in [4.78, 5) is 23.8. The van der Waals surface area contributed by atoms with Gasteiger partial charge in [0.25, 0.3) is 0 Å². The van der Waals surface area contributed by atoms with Crippen LogP contribution >= 0.6 is 0 Å².